The quantitative estimate of drug-likeness (QED) is 0.341. The predicted molar refractivity (Wildman–Crippen MR) is 148 cm³/mol. The van der Waals surface area contributed by atoms with Gasteiger partial charge in [0.25, 0.3) is 5.91 Å². The van der Waals surface area contributed by atoms with E-state index in [2.05, 4.69) is 32.1 Å². The van der Waals surface area contributed by atoms with E-state index in [1.54, 1.807) is 17.5 Å². The first-order chi connectivity index (χ1) is 18.0. The van der Waals surface area contributed by atoms with E-state index in [9.17, 15) is 9.59 Å². The summed E-state index contributed by atoms with van der Waals surface area (Å²) >= 11 is 1.54. The minimum atomic E-state index is -0.324. The van der Waals surface area contributed by atoms with Gasteiger partial charge in [0, 0.05) is 66.0 Å². The number of H-pyrrole nitrogens is 1. The molecule has 194 valence electrons. The second-order valence-corrected chi connectivity index (χ2v) is 10.5. The molecule has 0 unspecified atom stereocenters. The van der Waals surface area contributed by atoms with E-state index in [0.717, 1.165) is 77.9 Å². The van der Waals surface area contributed by atoms with E-state index in [1.807, 2.05) is 43.5 Å². The third-order valence-electron chi connectivity index (χ3n) is 7.08. The number of aromatic nitrogens is 2. The number of hydrogen-bond acceptors (Lipinski definition) is 7. The van der Waals surface area contributed by atoms with Gasteiger partial charge in [-0.3, -0.25) is 4.79 Å². The molecule has 1 saturated heterocycles. The minimum absolute atomic E-state index is 0.160. The first-order valence-corrected chi connectivity index (χ1v) is 13.7. The highest BCUT2D eigenvalue weighted by Crippen LogP contribution is 2.41. The molecule has 9 heteroatoms. The third-order valence-corrected chi connectivity index (χ3v) is 7.89. The molecule has 1 amide bonds. The maximum atomic E-state index is 13.1. The van der Waals surface area contributed by atoms with E-state index in [4.69, 9.17) is 4.74 Å². The van der Waals surface area contributed by atoms with Crippen LogP contribution in [0.5, 0.6) is 0 Å². The van der Waals surface area contributed by atoms with E-state index < -0.39 is 0 Å². The summed E-state index contributed by atoms with van der Waals surface area (Å²) in [5, 5.41) is 5.79. The number of thiazole rings is 1. The van der Waals surface area contributed by atoms with Crippen LogP contribution in [-0.2, 0) is 16.0 Å². The molecule has 0 spiro atoms. The lowest BCUT2D eigenvalue weighted by Gasteiger charge is -2.32. The van der Waals surface area contributed by atoms with Gasteiger partial charge in [-0.2, -0.15) is 0 Å². The number of likely N-dealkylation sites (N-methyl/N-ethyl adjacent to an activating group) is 1. The number of rotatable bonds is 8. The molecular weight excluding hydrogens is 486 g/mol. The lowest BCUT2D eigenvalue weighted by molar-refractivity contribution is -0.110. The second-order valence-electron chi connectivity index (χ2n) is 9.56. The topological polar surface area (TPSA) is 90.6 Å². The highest BCUT2D eigenvalue weighted by atomic mass is 32.1. The van der Waals surface area contributed by atoms with Gasteiger partial charge in [0.15, 0.2) is 0 Å². The minimum Gasteiger partial charge on any atom is -0.462 e. The van der Waals surface area contributed by atoms with Crippen molar-refractivity contribution in [2.24, 2.45) is 0 Å². The van der Waals surface area contributed by atoms with Crippen molar-refractivity contribution in [3.63, 3.8) is 0 Å². The molecular formula is C28H33N5O3S. The standard InChI is InChI=1S/C28H33N5O3S/c1-4-36-28(35)24-18(2)30-23(19(24)8-6-11-33-14-12-32(3)13-15-33)17-21-25-20(27-29-10-16-37-27)7-5-9-22(25)31-26(21)34/h5,7,9-10,16-17,30H,4,6,8,11-15H2,1-3H3,(H,31,34). The van der Waals surface area contributed by atoms with Crippen molar-refractivity contribution in [3.05, 3.63) is 57.9 Å². The third kappa shape index (κ3) is 5.25. The number of piperazine rings is 1. The molecule has 1 fully saturated rings. The van der Waals surface area contributed by atoms with Crippen molar-refractivity contribution in [2.75, 3.05) is 51.7 Å². The number of fused-ring (bicyclic) bond motifs is 1. The average Bonchev–Trinajstić information content (AvgIpc) is 3.59. The van der Waals surface area contributed by atoms with Gasteiger partial charge < -0.3 is 24.8 Å². The molecule has 1 aromatic carbocycles. The van der Waals surface area contributed by atoms with Crippen molar-refractivity contribution in [3.8, 4) is 10.6 Å². The molecule has 2 aliphatic rings. The molecule has 0 bridgehead atoms. The summed E-state index contributed by atoms with van der Waals surface area (Å²) in [5.41, 5.74) is 6.13. The van der Waals surface area contributed by atoms with Crippen LogP contribution in [0.25, 0.3) is 22.2 Å². The number of amides is 1. The molecule has 0 radical (unpaired) electrons. The number of nitrogens with zero attached hydrogens (tertiary/aromatic N) is 3. The van der Waals surface area contributed by atoms with E-state index in [-0.39, 0.29) is 11.9 Å². The summed E-state index contributed by atoms with van der Waals surface area (Å²) in [6.07, 6.45) is 5.29. The fraction of sp³-hybridized carbons (Fsp3) is 0.393. The van der Waals surface area contributed by atoms with E-state index in [1.165, 1.54) is 0 Å². The normalized spacial score (nSPS) is 17.3. The summed E-state index contributed by atoms with van der Waals surface area (Å²) in [6, 6.07) is 5.83. The van der Waals surface area contributed by atoms with Gasteiger partial charge >= 0.3 is 5.97 Å². The van der Waals surface area contributed by atoms with Crippen LogP contribution in [0, 0.1) is 6.92 Å². The SMILES string of the molecule is CCOC(=O)c1c(C)[nH]c(C=C2C(=O)Nc3cccc(-c4nccs4)c32)c1CCCN1CCN(C)CC1. The second kappa shape index (κ2) is 11.0. The van der Waals surface area contributed by atoms with Crippen molar-refractivity contribution < 1.29 is 14.3 Å². The van der Waals surface area contributed by atoms with Crippen molar-refractivity contribution in [2.45, 2.75) is 26.7 Å². The number of aromatic amines is 1. The number of hydrogen-bond donors (Lipinski definition) is 2. The van der Waals surface area contributed by atoms with Crippen LogP contribution in [0.1, 0.15) is 46.2 Å². The largest absolute Gasteiger partial charge is 0.462 e. The van der Waals surface area contributed by atoms with E-state index >= 15 is 0 Å². The van der Waals surface area contributed by atoms with Gasteiger partial charge in [-0.25, -0.2) is 9.78 Å². The van der Waals surface area contributed by atoms with Gasteiger partial charge in [-0.15, -0.1) is 11.3 Å². The first kappa shape index (κ1) is 25.4. The lowest BCUT2D eigenvalue weighted by Crippen LogP contribution is -2.44. The Balaban J connectivity index is 1.50. The molecule has 4 heterocycles. The molecule has 8 nitrogen and oxygen atoms in total. The maximum Gasteiger partial charge on any atom is 0.340 e. The Kier molecular flexibility index (Phi) is 7.55. The fourth-order valence-electron chi connectivity index (χ4n) is 5.18. The first-order valence-electron chi connectivity index (χ1n) is 12.8. The molecule has 3 aromatic rings. The zero-order valence-corrected chi connectivity index (χ0v) is 22.4. The highest BCUT2D eigenvalue weighted by molar-refractivity contribution is 7.13. The van der Waals surface area contributed by atoms with E-state index in [0.29, 0.717) is 24.2 Å². The summed E-state index contributed by atoms with van der Waals surface area (Å²) in [7, 11) is 2.16. The number of esters is 1. The monoisotopic (exact) mass is 519 g/mol. The summed E-state index contributed by atoms with van der Waals surface area (Å²) in [4.78, 5) is 38.8. The Hall–Kier alpha value is -3.27. The lowest BCUT2D eigenvalue weighted by atomic mass is 9.97. The van der Waals surface area contributed by atoms with Crippen LogP contribution in [-0.4, -0.2) is 78.0 Å². The van der Waals surface area contributed by atoms with Gasteiger partial charge in [-0.1, -0.05) is 12.1 Å². The Bertz CT molecular complexity index is 1320. The van der Waals surface area contributed by atoms with Crippen molar-refractivity contribution in [1.29, 1.82) is 0 Å². The number of anilines is 1. The molecule has 0 aliphatic carbocycles. The Morgan fingerprint density at radius 3 is 2.78 bits per heavy atom. The number of carbonyl (C=O) groups is 2. The van der Waals surface area contributed by atoms with Crippen LogP contribution in [0.15, 0.2) is 29.8 Å². The number of nitrogens with one attached hydrogen (secondary N) is 2. The average molecular weight is 520 g/mol. The number of carbonyl (C=O) groups excluding carboxylic acids is 2. The zero-order chi connectivity index (χ0) is 25.9. The Morgan fingerprint density at radius 2 is 2.05 bits per heavy atom. The highest BCUT2D eigenvalue weighted by Gasteiger charge is 2.30. The molecule has 0 saturated carbocycles. The van der Waals surface area contributed by atoms with Crippen molar-refractivity contribution >= 4 is 40.5 Å². The number of benzene rings is 1. The molecule has 37 heavy (non-hydrogen) atoms. The van der Waals surface area contributed by atoms with Crippen LogP contribution in [0.4, 0.5) is 5.69 Å². The van der Waals surface area contributed by atoms with Crippen molar-refractivity contribution in [1.82, 2.24) is 19.8 Å². The number of aryl methyl sites for hydroxylation is 1. The maximum absolute atomic E-state index is 13.1. The molecule has 2 aromatic heterocycles. The predicted octanol–water partition coefficient (Wildman–Crippen LogP) is 4.30. The Morgan fingerprint density at radius 1 is 1.24 bits per heavy atom. The number of ether oxygens (including phenoxy) is 1. The molecule has 2 N–H and O–H groups in total. The summed E-state index contributed by atoms with van der Waals surface area (Å²) in [5.74, 6) is -0.484. The zero-order valence-electron chi connectivity index (χ0n) is 21.6. The molecule has 2 aliphatic heterocycles. The van der Waals surface area contributed by atoms with Gasteiger partial charge in [0.1, 0.15) is 5.01 Å². The van der Waals surface area contributed by atoms with Crippen LogP contribution >= 0.6 is 11.3 Å². The fourth-order valence-corrected chi connectivity index (χ4v) is 5.85. The van der Waals surface area contributed by atoms with Crippen LogP contribution in [0.2, 0.25) is 0 Å². The summed E-state index contributed by atoms with van der Waals surface area (Å²) < 4.78 is 5.40. The van der Waals surface area contributed by atoms with Gasteiger partial charge in [-0.05, 0) is 58.0 Å². The van der Waals surface area contributed by atoms with Crippen LogP contribution < -0.4 is 5.32 Å². The smallest absolute Gasteiger partial charge is 0.340 e. The molecule has 0 atom stereocenters. The summed E-state index contributed by atoms with van der Waals surface area (Å²) in [6.45, 7) is 9.25. The van der Waals surface area contributed by atoms with Gasteiger partial charge in [0.05, 0.1) is 17.7 Å². The van der Waals surface area contributed by atoms with Crippen LogP contribution in [0.3, 0.4) is 0 Å². The van der Waals surface area contributed by atoms with Gasteiger partial charge in [0.2, 0.25) is 0 Å². The molecule has 5 rings (SSSR count). The Labute approximate surface area is 221 Å².